The topological polar surface area (TPSA) is 66.5 Å². The highest BCUT2D eigenvalue weighted by atomic mass is 16.6. The van der Waals surface area contributed by atoms with Crippen LogP contribution in [-0.2, 0) is 28.5 Å². The predicted molar refractivity (Wildman–Crippen MR) is 78.4 cm³/mol. The van der Waals surface area contributed by atoms with Crippen LogP contribution in [0.25, 0.3) is 0 Å². The van der Waals surface area contributed by atoms with Crippen LogP contribution in [0.5, 0.6) is 0 Å². The quantitative estimate of drug-likeness (QED) is 0.542. The van der Waals surface area contributed by atoms with E-state index in [1.165, 1.54) is 6.92 Å². The molecular weight excluding hydrogens is 278 g/mol. The molecule has 0 aromatic carbocycles. The van der Waals surface area contributed by atoms with E-state index in [9.17, 15) is 4.79 Å². The maximum Gasteiger partial charge on any atom is 0.219 e. The van der Waals surface area contributed by atoms with Gasteiger partial charge in [0, 0.05) is 49.5 Å². The van der Waals surface area contributed by atoms with E-state index in [2.05, 4.69) is 0 Å². The normalized spacial score (nSPS) is 17.1. The molecular formula is C14H29NO6. The summed E-state index contributed by atoms with van der Waals surface area (Å²) < 4.78 is 26.9. The van der Waals surface area contributed by atoms with Crippen LogP contribution in [0.15, 0.2) is 0 Å². The number of carbonyl (C=O) groups excluding carboxylic acids is 1. The lowest BCUT2D eigenvalue weighted by molar-refractivity contribution is -0.157. The molecule has 126 valence electrons. The molecule has 0 N–H and O–H groups in total. The van der Waals surface area contributed by atoms with Crippen LogP contribution >= 0.6 is 0 Å². The van der Waals surface area contributed by atoms with Crippen molar-refractivity contribution in [2.75, 3.05) is 55.8 Å². The Hall–Kier alpha value is -0.730. The second-order valence-corrected chi connectivity index (χ2v) is 4.78. The molecule has 0 fully saturated rings. The van der Waals surface area contributed by atoms with Gasteiger partial charge in [-0.3, -0.25) is 4.79 Å². The zero-order valence-corrected chi connectivity index (χ0v) is 14.1. The summed E-state index contributed by atoms with van der Waals surface area (Å²) >= 11 is 0. The van der Waals surface area contributed by atoms with Crippen molar-refractivity contribution < 1.29 is 28.5 Å². The van der Waals surface area contributed by atoms with Crippen LogP contribution in [-0.4, -0.2) is 91.0 Å². The zero-order valence-electron chi connectivity index (χ0n) is 14.1. The lowest BCUT2D eigenvalue weighted by atomic mass is 9.99. The Morgan fingerprint density at radius 3 is 1.76 bits per heavy atom. The number of carbonyl (C=O) groups is 1. The Bertz CT molecular complexity index is 289. The highest BCUT2D eigenvalue weighted by Gasteiger charge is 2.38. The number of likely N-dealkylation sites (N-methyl/N-ethyl adjacent to an activating group) is 1. The Labute approximate surface area is 127 Å². The molecule has 7 nitrogen and oxygen atoms in total. The minimum atomic E-state index is -0.413. The van der Waals surface area contributed by atoms with E-state index in [0.717, 1.165) is 0 Å². The Balaban J connectivity index is 5.29. The van der Waals surface area contributed by atoms with E-state index < -0.39 is 12.2 Å². The van der Waals surface area contributed by atoms with Gasteiger partial charge in [0.15, 0.2) is 0 Å². The van der Waals surface area contributed by atoms with Crippen LogP contribution in [0.2, 0.25) is 0 Å². The highest BCUT2D eigenvalue weighted by molar-refractivity contribution is 5.73. The van der Waals surface area contributed by atoms with Gasteiger partial charge >= 0.3 is 0 Å². The summed E-state index contributed by atoms with van der Waals surface area (Å²) in [7, 11) is 9.63. The largest absolute Gasteiger partial charge is 0.382 e. The smallest absolute Gasteiger partial charge is 0.219 e. The molecule has 0 spiro atoms. The van der Waals surface area contributed by atoms with Crippen molar-refractivity contribution in [2.24, 2.45) is 0 Å². The van der Waals surface area contributed by atoms with Gasteiger partial charge < -0.3 is 28.6 Å². The summed E-state index contributed by atoms with van der Waals surface area (Å²) in [4.78, 5) is 13.3. The molecule has 1 amide bonds. The molecule has 0 aliphatic rings. The van der Waals surface area contributed by atoms with Crippen molar-refractivity contribution in [1.29, 1.82) is 0 Å². The molecule has 0 saturated heterocycles. The SMILES string of the molecule is COCC(OC)C(OC)C(OC)C(COC)N(C)C(C)=O. The molecule has 0 heterocycles. The van der Waals surface area contributed by atoms with Crippen LogP contribution in [0.1, 0.15) is 6.92 Å². The molecule has 0 radical (unpaired) electrons. The van der Waals surface area contributed by atoms with Gasteiger partial charge in [-0.15, -0.1) is 0 Å². The van der Waals surface area contributed by atoms with Crippen molar-refractivity contribution in [3.05, 3.63) is 0 Å². The minimum absolute atomic E-state index is 0.0744. The van der Waals surface area contributed by atoms with E-state index >= 15 is 0 Å². The number of hydrogen-bond acceptors (Lipinski definition) is 6. The highest BCUT2D eigenvalue weighted by Crippen LogP contribution is 2.18. The fourth-order valence-electron chi connectivity index (χ4n) is 2.30. The van der Waals surface area contributed by atoms with E-state index in [1.54, 1.807) is 47.5 Å². The van der Waals surface area contributed by atoms with Crippen LogP contribution in [0.4, 0.5) is 0 Å². The van der Waals surface area contributed by atoms with Gasteiger partial charge in [0.05, 0.1) is 19.3 Å². The summed E-state index contributed by atoms with van der Waals surface area (Å²) in [5.41, 5.74) is 0. The van der Waals surface area contributed by atoms with Crippen LogP contribution in [0, 0.1) is 0 Å². The lowest BCUT2D eigenvalue weighted by Gasteiger charge is -2.38. The molecule has 7 heteroatoms. The van der Waals surface area contributed by atoms with E-state index in [0.29, 0.717) is 13.2 Å². The monoisotopic (exact) mass is 307 g/mol. The van der Waals surface area contributed by atoms with Gasteiger partial charge in [-0.1, -0.05) is 0 Å². The summed E-state index contributed by atoms with van der Waals surface area (Å²) in [6, 6.07) is -0.294. The zero-order chi connectivity index (χ0) is 16.4. The van der Waals surface area contributed by atoms with Gasteiger partial charge in [-0.25, -0.2) is 0 Å². The van der Waals surface area contributed by atoms with Crippen molar-refractivity contribution in [3.8, 4) is 0 Å². The van der Waals surface area contributed by atoms with Crippen molar-refractivity contribution in [1.82, 2.24) is 4.90 Å². The first-order valence-electron chi connectivity index (χ1n) is 6.78. The van der Waals surface area contributed by atoms with Gasteiger partial charge in [0.2, 0.25) is 5.91 Å². The summed E-state index contributed by atoms with van der Waals surface area (Å²) in [5.74, 6) is -0.0744. The molecule has 0 rings (SSSR count). The number of hydrogen-bond donors (Lipinski definition) is 0. The van der Waals surface area contributed by atoms with Gasteiger partial charge in [0.1, 0.15) is 18.3 Å². The number of ether oxygens (including phenoxy) is 5. The van der Waals surface area contributed by atoms with Crippen LogP contribution < -0.4 is 0 Å². The van der Waals surface area contributed by atoms with Crippen LogP contribution in [0.3, 0.4) is 0 Å². The summed E-state index contributed by atoms with van der Waals surface area (Å²) in [5, 5.41) is 0. The molecule has 0 saturated carbocycles. The molecule has 0 aliphatic heterocycles. The molecule has 0 aromatic rings. The first kappa shape index (κ1) is 20.3. The Morgan fingerprint density at radius 1 is 0.905 bits per heavy atom. The maximum absolute atomic E-state index is 11.7. The number of amides is 1. The van der Waals surface area contributed by atoms with Gasteiger partial charge in [-0.05, 0) is 0 Å². The van der Waals surface area contributed by atoms with Gasteiger partial charge in [-0.2, -0.15) is 0 Å². The third-order valence-corrected chi connectivity index (χ3v) is 3.58. The summed E-state index contributed by atoms with van der Waals surface area (Å²) in [6.45, 7) is 2.19. The standard InChI is InChI=1S/C14H29NO6/c1-10(16)15(2)11(8-17-3)13(20-6)14(21-7)12(19-5)9-18-4/h11-14H,8-9H2,1-7H3. The third-order valence-electron chi connectivity index (χ3n) is 3.58. The van der Waals surface area contributed by atoms with Crippen molar-refractivity contribution in [2.45, 2.75) is 31.3 Å². The Morgan fingerprint density at radius 2 is 1.43 bits per heavy atom. The number of nitrogens with zero attached hydrogens (tertiary/aromatic N) is 1. The Kier molecular flexibility index (Phi) is 10.5. The first-order valence-corrected chi connectivity index (χ1v) is 6.78. The van der Waals surface area contributed by atoms with Crippen molar-refractivity contribution in [3.63, 3.8) is 0 Å². The lowest BCUT2D eigenvalue weighted by Crippen LogP contribution is -2.56. The molecule has 21 heavy (non-hydrogen) atoms. The summed E-state index contributed by atoms with van der Waals surface area (Å²) in [6.07, 6.45) is -1.13. The fourth-order valence-corrected chi connectivity index (χ4v) is 2.30. The number of rotatable bonds is 11. The average Bonchev–Trinajstić information content (AvgIpc) is 2.48. The molecule has 4 unspecified atom stereocenters. The third kappa shape index (κ3) is 5.88. The molecule has 0 aromatic heterocycles. The first-order chi connectivity index (χ1) is 9.98. The van der Waals surface area contributed by atoms with Gasteiger partial charge in [0.25, 0.3) is 0 Å². The van der Waals surface area contributed by atoms with E-state index in [4.69, 9.17) is 23.7 Å². The van der Waals surface area contributed by atoms with E-state index in [-0.39, 0.29) is 18.1 Å². The molecule has 0 aliphatic carbocycles. The second kappa shape index (κ2) is 10.9. The second-order valence-electron chi connectivity index (χ2n) is 4.78. The minimum Gasteiger partial charge on any atom is -0.382 e. The number of methoxy groups -OCH3 is 5. The predicted octanol–water partition coefficient (Wildman–Crippen LogP) is 0.171. The fraction of sp³-hybridized carbons (Fsp3) is 0.929. The van der Waals surface area contributed by atoms with E-state index in [1.807, 2.05) is 0 Å². The maximum atomic E-state index is 11.7. The average molecular weight is 307 g/mol. The molecule has 4 atom stereocenters. The molecule has 0 bridgehead atoms. The van der Waals surface area contributed by atoms with Crippen molar-refractivity contribution >= 4 is 5.91 Å².